The highest BCUT2D eigenvalue weighted by molar-refractivity contribution is 6.05. The monoisotopic (exact) mass is 739 g/mol. The van der Waals surface area contributed by atoms with Crippen LogP contribution in [0.25, 0.3) is 44.2 Å². The molecule has 0 radical (unpaired) electrons. The van der Waals surface area contributed by atoms with E-state index in [1.165, 1.54) is 136 Å². The van der Waals surface area contributed by atoms with Gasteiger partial charge in [-0.15, -0.1) is 0 Å². The van der Waals surface area contributed by atoms with Crippen LogP contribution in [0.15, 0.2) is 152 Å². The zero-order valence-corrected chi connectivity index (χ0v) is 33.6. The van der Waals surface area contributed by atoms with Crippen molar-refractivity contribution in [3.05, 3.63) is 174 Å². The Bertz CT molecular complexity index is 2610. The van der Waals surface area contributed by atoms with Gasteiger partial charge in [-0.05, 0) is 142 Å². The summed E-state index contributed by atoms with van der Waals surface area (Å²) in [6, 6.07) is 58.4. The third kappa shape index (κ3) is 5.80. The van der Waals surface area contributed by atoms with E-state index in [9.17, 15) is 0 Å². The number of fused-ring (bicyclic) bond motifs is 6. The minimum Gasteiger partial charge on any atom is -0.309 e. The second-order valence-corrected chi connectivity index (χ2v) is 18.3. The van der Waals surface area contributed by atoms with E-state index in [1.807, 2.05) is 0 Å². The van der Waals surface area contributed by atoms with Gasteiger partial charge in [0.1, 0.15) is 0 Å². The summed E-state index contributed by atoms with van der Waals surface area (Å²) >= 11 is 0. The van der Waals surface area contributed by atoms with Crippen LogP contribution in [0.4, 0.5) is 17.1 Å². The summed E-state index contributed by atoms with van der Waals surface area (Å²) < 4.78 is 0. The minimum absolute atomic E-state index is 0.137. The summed E-state index contributed by atoms with van der Waals surface area (Å²) in [5, 5.41) is 2.77. The molecule has 3 fully saturated rings. The molecule has 0 amide bonds. The highest BCUT2D eigenvalue weighted by Gasteiger charge is 2.41. The smallest absolute Gasteiger partial charge is 0.0544 e. The Morgan fingerprint density at radius 2 is 1.19 bits per heavy atom. The molecule has 0 N–H and O–H groups in total. The molecular formula is C56H53N. The van der Waals surface area contributed by atoms with Crippen molar-refractivity contribution in [1.82, 2.24) is 0 Å². The molecule has 7 aromatic rings. The third-order valence-electron chi connectivity index (χ3n) is 14.8. The van der Waals surface area contributed by atoms with Crippen LogP contribution >= 0.6 is 0 Å². The molecule has 0 saturated heterocycles. The Labute approximate surface area is 339 Å². The van der Waals surface area contributed by atoms with Crippen molar-refractivity contribution in [2.75, 3.05) is 4.90 Å². The summed E-state index contributed by atoms with van der Waals surface area (Å²) in [4.78, 5) is 2.63. The van der Waals surface area contributed by atoms with Gasteiger partial charge in [-0.2, -0.15) is 0 Å². The third-order valence-corrected chi connectivity index (χ3v) is 14.8. The molecule has 1 nitrogen and oxygen atoms in total. The Balaban J connectivity index is 1.18. The molecule has 4 aliphatic rings. The van der Waals surface area contributed by atoms with Crippen molar-refractivity contribution < 1.29 is 0 Å². The van der Waals surface area contributed by atoms with E-state index in [0.29, 0.717) is 11.8 Å². The van der Waals surface area contributed by atoms with Crippen LogP contribution in [-0.4, -0.2) is 0 Å². The van der Waals surface area contributed by atoms with Crippen LogP contribution in [-0.2, 0) is 5.41 Å². The van der Waals surface area contributed by atoms with Crippen molar-refractivity contribution in [2.24, 2.45) is 11.8 Å². The Morgan fingerprint density at radius 3 is 1.95 bits per heavy atom. The van der Waals surface area contributed by atoms with Gasteiger partial charge >= 0.3 is 0 Å². The second kappa shape index (κ2) is 13.9. The van der Waals surface area contributed by atoms with E-state index < -0.39 is 0 Å². The zero-order valence-electron chi connectivity index (χ0n) is 33.6. The molecule has 3 saturated carbocycles. The van der Waals surface area contributed by atoms with E-state index in [-0.39, 0.29) is 5.41 Å². The lowest BCUT2D eigenvalue weighted by Gasteiger charge is -2.33. The fraction of sp³-hybridized carbons (Fsp3) is 0.286. The molecule has 0 heterocycles. The molecule has 282 valence electrons. The van der Waals surface area contributed by atoms with Crippen LogP contribution in [0, 0.1) is 11.8 Å². The number of rotatable bonds is 7. The van der Waals surface area contributed by atoms with Gasteiger partial charge in [0.25, 0.3) is 0 Å². The van der Waals surface area contributed by atoms with Gasteiger partial charge in [-0.3, -0.25) is 0 Å². The van der Waals surface area contributed by atoms with Gasteiger partial charge in [0.05, 0.1) is 11.4 Å². The van der Waals surface area contributed by atoms with Crippen molar-refractivity contribution in [3.63, 3.8) is 0 Å². The van der Waals surface area contributed by atoms with E-state index in [1.54, 1.807) is 5.56 Å². The van der Waals surface area contributed by atoms with Crippen LogP contribution in [0.3, 0.4) is 0 Å². The van der Waals surface area contributed by atoms with Gasteiger partial charge in [-0.25, -0.2) is 0 Å². The highest BCUT2D eigenvalue weighted by Crippen LogP contribution is 2.57. The Kier molecular flexibility index (Phi) is 8.50. The number of hydrogen-bond acceptors (Lipinski definition) is 1. The highest BCUT2D eigenvalue weighted by atomic mass is 15.1. The lowest BCUT2D eigenvalue weighted by Crippen LogP contribution is -2.18. The Hall–Kier alpha value is -5.40. The number of nitrogens with zero attached hydrogens (tertiary/aromatic N) is 1. The molecule has 0 spiro atoms. The molecule has 4 aliphatic carbocycles. The van der Waals surface area contributed by atoms with Crippen LogP contribution < -0.4 is 4.90 Å². The first-order valence-electron chi connectivity index (χ1n) is 21.9. The van der Waals surface area contributed by atoms with Gasteiger partial charge in [-0.1, -0.05) is 161 Å². The lowest BCUT2D eigenvalue weighted by molar-refractivity contribution is 0.422. The molecule has 0 aliphatic heterocycles. The summed E-state index contributed by atoms with van der Waals surface area (Å²) in [7, 11) is 0. The van der Waals surface area contributed by atoms with Crippen molar-refractivity contribution in [2.45, 2.75) is 88.9 Å². The van der Waals surface area contributed by atoms with Gasteiger partial charge in [0.2, 0.25) is 0 Å². The van der Waals surface area contributed by atoms with Gasteiger partial charge in [0.15, 0.2) is 0 Å². The molecule has 11 rings (SSSR count). The topological polar surface area (TPSA) is 3.24 Å². The summed E-state index contributed by atoms with van der Waals surface area (Å²) in [5.74, 6) is 3.06. The molecule has 57 heavy (non-hydrogen) atoms. The van der Waals surface area contributed by atoms with E-state index in [0.717, 1.165) is 11.8 Å². The molecule has 1 heteroatoms. The number of hydrogen-bond donors (Lipinski definition) is 0. The van der Waals surface area contributed by atoms with Crippen LogP contribution in [0.2, 0.25) is 0 Å². The maximum absolute atomic E-state index is 2.63. The van der Waals surface area contributed by atoms with E-state index in [4.69, 9.17) is 0 Å². The largest absolute Gasteiger partial charge is 0.309 e. The first-order chi connectivity index (χ1) is 28.0. The average Bonchev–Trinajstić information content (AvgIpc) is 3.97. The standard InChI is InChI=1S/C56H53N/c1-56(2)52-24-14-13-22-47(52)50-35-51(44-20-10-9-19-43(44)40-17-7-4-8-18-40)55(36-53(50)56)57(42-29-27-39(28-30-42)38-15-5-3-6-16-38)54-32-31-46(45-21-11-12-23-48(45)54)49-34-37-25-26-41(49)33-37/h4,7-14,17-24,27-32,35-38,41,49H,3,5-6,15-16,25-26,33-34H2,1-2H3. The molecule has 3 unspecified atom stereocenters. The lowest BCUT2D eigenvalue weighted by atomic mass is 9.80. The molecule has 3 atom stereocenters. The second-order valence-electron chi connectivity index (χ2n) is 18.3. The van der Waals surface area contributed by atoms with Crippen molar-refractivity contribution >= 4 is 27.8 Å². The SMILES string of the molecule is CC1(C)c2ccccc2-c2cc(-c3ccccc3-c3ccccc3)c(N(c3ccc(C4CCCCC4)cc3)c3ccc(C4CC5CCC4C5)c4ccccc34)cc21. The van der Waals surface area contributed by atoms with Crippen LogP contribution in [0.1, 0.15) is 106 Å². The maximum atomic E-state index is 2.63. The van der Waals surface area contributed by atoms with Gasteiger partial charge in [0, 0.05) is 22.1 Å². The quantitative estimate of drug-likeness (QED) is 0.157. The molecular weight excluding hydrogens is 687 g/mol. The molecule has 2 bridgehead atoms. The summed E-state index contributed by atoms with van der Waals surface area (Å²) in [6.45, 7) is 4.84. The number of benzene rings is 7. The summed E-state index contributed by atoms with van der Waals surface area (Å²) in [5.41, 5.74) is 17.2. The van der Waals surface area contributed by atoms with Gasteiger partial charge < -0.3 is 4.90 Å². The normalized spacial score (nSPS) is 20.8. The zero-order chi connectivity index (χ0) is 38.1. The molecule has 7 aromatic carbocycles. The molecule has 0 aromatic heterocycles. The van der Waals surface area contributed by atoms with Crippen molar-refractivity contribution in [1.29, 1.82) is 0 Å². The van der Waals surface area contributed by atoms with E-state index >= 15 is 0 Å². The van der Waals surface area contributed by atoms with Crippen LogP contribution in [0.5, 0.6) is 0 Å². The average molecular weight is 740 g/mol. The predicted molar refractivity (Wildman–Crippen MR) is 241 cm³/mol. The van der Waals surface area contributed by atoms with Crippen molar-refractivity contribution in [3.8, 4) is 33.4 Å². The maximum Gasteiger partial charge on any atom is 0.0544 e. The predicted octanol–water partition coefficient (Wildman–Crippen LogP) is 15.9. The minimum atomic E-state index is -0.137. The Morgan fingerprint density at radius 1 is 0.491 bits per heavy atom. The fourth-order valence-corrected chi connectivity index (χ4v) is 11.9. The summed E-state index contributed by atoms with van der Waals surface area (Å²) in [6.07, 6.45) is 12.3. The fourth-order valence-electron chi connectivity index (χ4n) is 11.9. The van der Waals surface area contributed by atoms with E-state index in [2.05, 4.69) is 170 Å². The first kappa shape index (κ1) is 34.8. The number of anilines is 3. The first-order valence-corrected chi connectivity index (χ1v) is 21.9.